The van der Waals surface area contributed by atoms with Crippen LogP contribution in [0.15, 0.2) is 66.9 Å². The molecule has 1 aromatic heterocycles. The maximum Gasteiger partial charge on any atom is 0.184 e. The first-order chi connectivity index (χ1) is 11.3. The maximum atomic E-state index is 3.33. The average molecular weight is 386 g/mol. The summed E-state index contributed by atoms with van der Waals surface area (Å²) in [5, 5.41) is 2.50. The minimum atomic E-state index is 0. The zero-order valence-corrected chi connectivity index (χ0v) is 16.7. The van der Waals surface area contributed by atoms with Crippen LogP contribution in [-0.4, -0.2) is 4.57 Å². The zero-order chi connectivity index (χ0) is 15.8. The van der Waals surface area contributed by atoms with Crippen molar-refractivity contribution in [1.29, 1.82) is 0 Å². The average Bonchev–Trinajstić information content (AvgIpc) is 2.97. The number of hydrogen-bond acceptors (Lipinski definition) is 0. The van der Waals surface area contributed by atoms with Gasteiger partial charge in [0.1, 0.15) is 0 Å². The predicted molar refractivity (Wildman–Crippen MR) is 92.3 cm³/mol. The van der Waals surface area contributed by atoms with Crippen molar-refractivity contribution >= 4 is 10.8 Å². The van der Waals surface area contributed by atoms with Crippen molar-refractivity contribution in [3.05, 3.63) is 84.7 Å². The van der Waals surface area contributed by atoms with Gasteiger partial charge in [0, 0.05) is 38.3 Å². The summed E-state index contributed by atoms with van der Waals surface area (Å²) < 4.78 is 4.20. The maximum absolute atomic E-state index is 3.33. The second kappa shape index (κ2) is 7.00. The van der Waals surface area contributed by atoms with E-state index in [-0.39, 0.29) is 32.7 Å². The molecule has 0 amide bonds. The largest absolute Gasteiger partial charge is 0.378 e. The van der Waals surface area contributed by atoms with E-state index in [9.17, 15) is 0 Å². The number of nitrogens with zero attached hydrogens (tertiary/aromatic N) is 2. The molecule has 1 heterocycles. The van der Waals surface area contributed by atoms with Crippen LogP contribution in [0.2, 0.25) is 0 Å². The second-order valence-electron chi connectivity index (χ2n) is 5.75. The number of aromatic nitrogens is 2. The topological polar surface area (TPSA) is 8.81 Å². The first-order valence-corrected chi connectivity index (χ1v) is 7.70. The van der Waals surface area contributed by atoms with Crippen molar-refractivity contribution < 1.29 is 37.3 Å². The van der Waals surface area contributed by atoms with Crippen LogP contribution in [0, 0.1) is 19.2 Å². The Bertz CT molecular complexity index is 987. The third-order valence-electron chi connectivity index (χ3n) is 4.22. The van der Waals surface area contributed by atoms with Gasteiger partial charge in [-0.2, -0.15) is 24.3 Å². The molecular weight excluding hydrogens is 369 g/mol. The second-order valence-corrected chi connectivity index (χ2v) is 5.75. The smallest absolute Gasteiger partial charge is 0.184 e. The van der Waals surface area contributed by atoms with Crippen LogP contribution in [0.4, 0.5) is 0 Å². The molecule has 0 saturated carbocycles. The third kappa shape index (κ3) is 2.85. The number of benzene rings is 3. The van der Waals surface area contributed by atoms with Crippen LogP contribution < -0.4 is 4.57 Å². The van der Waals surface area contributed by atoms with Crippen molar-refractivity contribution in [3.8, 4) is 17.1 Å². The van der Waals surface area contributed by atoms with E-state index >= 15 is 0 Å². The Kier molecular flexibility index (Phi) is 4.98. The van der Waals surface area contributed by atoms with E-state index in [4.69, 9.17) is 0 Å². The van der Waals surface area contributed by atoms with Crippen molar-refractivity contribution in [2.24, 2.45) is 7.05 Å². The quantitative estimate of drug-likeness (QED) is 0.363. The number of hydrogen-bond donors (Lipinski definition) is 0. The molecule has 3 heteroatoms. The predicted octanol–water partition coefficient (Wildman–Crippen LogP) is 4.03. The van der Waals surface area contributed by atoms with E-state index in [2.05, 4.69) is 77.8 Å². The van der Waals surface area contributed by atoms with Gasteiger partial charge in [-0.1, -0.05) is 42.1 Å². The number of para-hydroxylation sites is 1. The summed E-state index contributed by atoms with van der Waals surface area (Å²) in [5.41, 5.74) is 3.49. The van der Waals surface area contributed by atoms with Gasteiger partial charge >= 0.3 is 0 Å². The summed E-state index contributed by atoms with van der Waals surface area (Å²) in [5.74, 6) is 1.11. The van der Waals surface area contributed by atoms with E-state index in [1.165, 1.54) is 21.9 Å². The molecule has 2 nitrogen and oxygen atoms in total. The van der Waals surface area contributed by atoms with Crippen LogP contribution in [0.5, 0.6) is 0 Å². The van der Waals surface area contributed by atoms with Crippen molar-refractivity contribution in [2.45, 2.75) is 6.92 Å². The summed E-state index contributed by atoms with van der Waals surface area (Å²) >= 11 is 0. The Hall–Kier alpha value is -1.77. The molecule has 0 saturated heterocycles. The molecule has 4 rings (SSSR count). The molecule has 0 N–H and O–H groups in total. The molecule has 0 atom stereocenters. The number of fused-ring (bicyclic) bond motifs is 1. The Morgan fingerprint density at radius 3 is 2.54 bits per heavy atom. The van der Waals surface area contributed by atoms with E-state index in [1.54, 1.807) is 0 Å². The molecule has 24 heavy (non-hydrogen) atoms. The number of imidazole rings is 1. The van der Waals surface area contributed by atoms with Crippen molar-refractivity contribution in [2.75, 3.05) is 0 Å². The minimum Gasteiger partial charge on any atom is -0.378 e. The SMILES string of the molecule is Cc1ccc2ccccc2c1-c1n(C)c[c-][n+]1-c1[c-]cccc1.[Y]. The van der Waals surface area contributed by atoms with E-state index in [0.717, 1.165) is 11.5 Å². The van der Waals surface area contributed by atoms with Gasteiger partial charge in [-0.25, -0.2) is 6.07 Å². The van der Waals surface area contributed by atoms with Gasteiger partial charge in [-0.05, 0) is 23.3 Å². The van der Waals surface area contributed by atoms with Crippen LogP contribution >= 0.6 is 0 Å². The Morgan fingerprint density at radius 1 is 0.958 bits per heavy atom. The van der Waals surface area contributed by atoms with Crippen LogP contribution in [0.3, 0.4) is 0 Å². The Labute approximate surface area is 167 Å². The Morgan fingerprint density at radius 2 is 1.75 bits per heavy atom. The van der Waals surface area contributed by atoms with Crippen molar-refractivity contribution in [1.82, 2.24) is 4.57 Å². The minimum absolute atomic E-state index is 0. The molecule has 0 aliphatic rings. The molecule has 4 aromatic rings. The van der Waals surface area contributed by atoms with Gasteiger partial charge in [-0.15, -0.1) is 0 Å². The molecule has 0 bridgehead atoms. The first-order valence-electron chi connectivity index (χ1n) is 7.70. The monoisotopic (exact) mass is 386 g/mol. The molecule has 3 aromatic carbocycles. The van der Waals surface area contributed by atoms with Crippen LogP contribution in [-0.2, 0) is 39.8 Å². The molecule has 0 aliphatic carbocycles. The van der Waals surface area contributed by atoms with Crippen molar-refractivity contribution in [3.63, 3.8) is 0 Å². The number of rotatable bonds is 2. The van der Waals surface area contributed by atoms with Gasteiger partial charge in [-0.3, -0.25) is 4.57 Å². The van der Waals surface area contributed by atoms with E-state index in [0.29, 0.717) is 0 Å². The third-order valence-corrected chi connectivity index (χ3v) is 4.22. The summed E-state index contributed by atoms with van der Waals surface area (Å²) in [7, 11) is 2.06. The van der Waals surface area contributed by atoms with Gasteiger partial charge in [0.05, 0.1) is 19.4 Å². The fraction of sp³-hybridized carbons (Fsp3) is 0.0952. The van der Waals surface area contributed by atoms with Gasteiger partial charge in [0.15, 0.2) is 5.82 Å². The normalized spacial score (nSPS) is 10.6. The summed E-state index contributed by atoms with van der Waals surface area (Å²) in [6, 6.07) is 24.2. The molecule has 0 aliphatic heterocycles. The molecule has 115 valence electrons. The summed E-state index contributed by atoms with van der Waals surface area (Å²) in [4.78, 5) is 0. The van der Waals surface area contributed by atoms with E-state index in [1.807, 2.05) is 24.4 Å². The van der Waals surface area contributed by atoms with Crippen LogP contribution in [0.25, 0.3) is 27.8 Å². The fourth-order valence-electron chi connectivity index (χ4n) is 3.10. The van der Waals surface area contributed by atoms with E-state index < -0.39 is 0 Å². The first kappa shape index (κ1) is 17.1. The zero-order valence-electron chi connectivity index (χ0n) is 13.8. The molecule has 0 spiro atoms. The summed E-state index contributed by atoms with van der Waals surface area (Å²) in [6.07, 6.45) is 5.30. The fourth-order valence-corrected chi connectivity index (χ4v) is 3.10. The molecule has 0 unspecified atom stereocenters. The Balaban J connectivity index is 0.00000169. The standard InChI is InChI=1S/C21H17N2.Y/c1-16-12-13-17-8-6-7-11-19(17)20(16)21-22(2)14-15-23(21)18-9-4-3-5-10-18;/h3-9,11-14H,1-2H3;/q-1;. The van der Waals surface area contributed by atoms with Gasteiger partial charge in [0.2, 0.25) is 0 Å². The van der Waals surface area contributed by atoms with Crippen LogP contribution in [0.1, 0.15) is 5.56 Å². The molecule has 0 fully saturated rings. The number of aryl methyl sites for hydroxylation is 2. The van der Waals surface area contributed by atoms with Gasteiger partial charge in [0.25, 0.3) is 0 Å². The van der Waals surface area contributed by atoms with Gasteiger partial charge < -0.3 is 4.57 Å². The summed E-state index contributed by atoms with van der Waals surface area (Å²) in [6.45, 7) is 2.16. The molecular formula is C21H17N2Y-. The molecule has 1 radical (unpaired) electrons.